The van der Waals surface area contributed by atoms with E-state index in [9.17, 15) is 0 Å². The Labute approximate surface area is 36.7 Å². The van der Waals surface area contributed by atoms with Gasteiger partial charge in [0.05, 0.1) is 6.61 Å². The SMILES string of the molecule is OC/C=C\S. The summed E-state index contributed by atoms with van der Waals surface area (Å²) in [5.41, 5.74) is 0. The predicted octanol–water partition coefficient (Wildman–Crippen LogP) is 0.422. The topological polar surface area (TPSA) is 20.2 Å². The Morgan fingerprint density at radius 3 is 2.40 bits per heavy atom. The second-order valence-electron chi connectivity index (χ2n) is 0.567. The highest BCUT2D eigenvalue weighted by Crippen LogP contribution is 1.70. The third-order valence-electron chi connectivity index (χ3n) is 0.211. The Balaban J connectivity index is 2.62. The van der Waals surface area contributed by atoms with Crippen LogP contribution in [0.15, 0.2) is 11.5 Å². The summed E-state index contributed by atoms with van der Waals surface area (Å²) in [6.07, 6.45) is 1.54. The first kappa shape index (κ1) is 5.05. The molecule has 0 radical (unpaired) electrons. The first-order valence-electron chi connectivity index (χ1n) is 1.32. The van der Waals surface area contributed by atoms with Crippen LogP contribution in [0.5, 0.6) is 0 Å². The van der Waals surface area contributed by atoms with E-state index in [2.05, 4.69) is 12.6 Å². The molecular formula is C3H6OS. The van der Waals surface area contributed by atoms with Gasteiger partial charge in [-0.1, -0.05) is 6.08 Å². The van der Waals surface area contributed by atoms with E-state index < -0.39 is 0 Å². The van der Waals surface area contributed by atoms with E-state index in [-0.39, 0.29) is 6.61 Å². The normalized spacial score (nSPS) is 10.0. The van der Waals surface area contributed by atoms with E-state index in [4.69, 9.17) is 5.11 Å². The fourth-order valence-electron chi connectivity index (χ4n) is 0.0471. The van der Waals surface area contributed by atoms with Gasteiger partial charge in [-0.05, 0) is 5.41 Å². The van der Waals surface area contributed by atoms with Crippen molar-refractivity contribution in [1.29, 1.82) is 0 Å². The lowest BCUT2D eigenvalue weighted by Gasteiger charge is -1.65. The van der Waals surface area contributed by atoms with E-state index in [0.29, 0.717) is 0 Å². The molecule has 0 saturated carbocycles. The van der Waals surface area contributed by atoms with E-state index in [1.165, 1.54) is 5.41 Å². The molecule has 0 fully saturated rings. The number of aliphatic hydroxyl groups is 1. The molecule has 0 amide bonds. The lowest BCUT2D eigenvalue weighted by Crippen LogP contribution is -1.64. The van der Waals surface area contributed by atoms with E-state index in [1.807, 2.05) is 0 Å². The Morgan fingerprint density at radius 2 is 2.40 bits per heavy atom. The zero-order valence-corrected chi connectivity index (χ0v) is 3.65. The minimum Gasteiger partial charge on any atom is -0.392 e. The third kappa shape index (κ3) is 4.05. The second kappa shape index (κ2) is 4.05. The Kier molecular flexibility index (Phi) is 4.09. The molecule has 0 heterocycles. The Bertz CT molecular complexity index is 33.9. The zero-order valence-electron chi connectivity index (χ0n) is 2.76. The van der Waals surface area contributed by atoms with Gasteiger partial charge in [0.2, 0.25) is 0 Å². The fraction of sp³-hybridized carbons (Fsp3) is 0.333. The summed E-state index contributed by atoms with van der Waals surface area (Å²) in [4.78, 5) is 0. The first-order chi connectivity index (χ1) is 2.41. The van der Waals surface area contributed by atoms with Gasteiger partial charge in [0.1, 0.15) is 0 Å². The molecule has 2 heteroatoms. The van der Waals surface area contributed by atoms with Gasteiger partial charge >= 0.3 is 0 Å². The lowest BCUT2D eigenvalue weighted by molar-refractivity contribution is 0.343. The molecule has 0 unspecified atom stereocenters. The molecular weight excluding hydrogens is 84.1 g/mol. The number of rotatable bonds is 1. The van der Waals surface area contributed by atoms with Gasteiger partial charge in [0.15, 0.2) is 0 Å². The smallest absolute Gasteiger partial charge is 0.0620 e. The monoisotopic (exact) mass is 90.0 g/mol. The molecule has 1 nitrogen and oxygen atoms in total. The van der Waals surface area contributed by atoms with Gasteiger partial charge < -0.3 is 5.11 Å². The van der Waals surface area contributed by atoms with Gasteiger partial charge in [-0.2, -0.15) is 12.6 Å². The van der Waals surface area contributed by atoms with Crippen LogP contribution in [0.4, 0.5) is 0 Å². The minimum atomic E-state index is 0.0868. The zero-order chi connectivity index (χ0) is 4.12. The van der Waals surface area contributed by atoms with Crippen molar-refractivity contribution in [2.24, 2.45) is 0 Å². The number of aliphatic hydroxyl groups excluding tert-OH is 1. The summed E-state index contributed by atoms with van der Waals surface area (Å²) in [5, 5.41) is 9.43. The molecule has 0 aliphatic carbocycles. The van der Waals surface area contributed by atoms with Crippen LogP contribution in [0, 0.1) is 0 Å². The summed E-state index contributed by atoms with van der Waals surface area (Å²) in [7, 11) is 0. The van der Waals surface area contributed by atoms with Crippen molar-refractivity contribution >= 4 is 12.6 Å². The van der Waals surface area contributed by atoms with Crippen LogP contribution in [-0.4, -0.2) is 11.7 Å². The quantitative estimate of drug-likeness (QED) is 0.447. The van der Waals surface area contributed by atoms with Crippen molar-refractivity contribution in [2.45, 2.75) is 0 Å². The molecule has 30 valence electrons. The molecule has 0 aromatic rings. The van der Waals surface area contributed by atoms with Crippen LogP contribution >= 0.6 is 12.6 Å². The second-order valence-corrected chi connectivity index (χ2v) is 0.865. The maximum Gasteiger partial charge on any atom is 0.0620 e. The van der Waals surface area contributed by atoms with E-state index >= 15 is 0 Å². The summed E-state index contributed by atoms with van der Waals surface area (Å²) in [6.45, 7) is 0.0868. The van der Waals surface area contributed by atoms with Crippen molar-refractivity contribution in [3.8, 4) is 0 Å². The highest BCUT2D eigenvalue weighted by Gasteiger charge is 1.53. The molecule has 0 aromatic carbocycles. The molecule has 0 aliphatic heterocycles. The van der Waals surface area contributed by atoms with Crippen LogP contribution in [-0.2, 0) is 0 Å². The molecule has 0 atom stereocenters. The standard InChI is InChI=1S/C3H6OS/c4-2-1-3-5/h1,3-5H,2H2/b3-1-. The number of hydrogen-bond acceptors (Lipinski definition) is 2. The molecule has 5 heavy (non-hydrogen) atoms. The van der Waals surface area contributed by atoms with E-state index in [1.54, 1.807) is 6.08 Å². The van der Waals surface area contributed by atoms with Crippen LogP contribution in [0.3, 0.4) is 0 Å². The van der Waals surface area contributed by atoms with Crippen molar-refractivity contribution in [2.75, 3.05) is 6.61 Å². The summed E-state index contributed by atoms with van der Waals surface area (Å²) in [5.74, 6) is 0. The van der Waals surface area contributed by atoms with Gasteiger partial charge in [-0.3, -0.25) is 0 Å². The van der Waals surface area contributed by atoms with Gasteiger partial charge in [-0.15, -0.1) is 0 Å². The van der Waals surface area contributed by atoms with Crippen LogP contribution < -0.4 is 0 Å². The van der Waals surface area contributed by atoms with Crippen molar-refractivity contribution in [1.82, 2.24) is 0 Å². The average molecular weight is 90.1 g/mol. The molecule has 1 N–H and O–H groups in total. The number of hydrogen-bond donors (Lipinski definition) is 2. The molecule has 0 aromatic heterocycles. The lowest BCUT2D eigenvalue weighted by atomic mass is 10.7. The fourth-order valence-corrected chi connectivity index (χ4v) is 0.141. The van der Waals surface area contributed by atoms with Crippen molar-refractivity contribution in [3.63, 3.8) is 0 Å². The maximum atomic E-state index is 7.93. The molecule has 0 saturated heterocycles. The minimum absolute atomic E-state index is 0.0868. The first-order valence-corrected chi connectivity index (χ1v) is 1.83. The summed E-state index contributed by atoms with van der Waals surface area (Å²) < 4.78 is 0. The van der Waals surface area contributed by atoms with Gasteiger partial charge in [-0.25, -0.2) is 0 Å². The average Bonchev–Trinajstić information content (AvgIpc) is 1.41. The van der Waals surface area contributed by atoms with Gasteiger partial charge in [0.25, 0.3) is 0 Å². The number of thiol groups is 1. The van der Waals surface area contributed by atoms with Gasteiger partial charge in [0, 0.05) is 0 Å². The Hall–Kier alpha value is 0.0500. The maximum absolute atomic E-state index is 7.93. The molecule has 0 aliphatic rings. The van der Waals surface area contributed by atoms with Crippen molar-refractivity contribution < 1.29 is 5.11 Å². The predicted molar refractivity (Wildman–Crippen MR) is 25.2 cm³/mol. The van der Waals surface area contributed by atoms with Crippen molar-refractivity contribution in [3.05, 3.63) is 11.5 Å². The highest BCUT2D eigenvalue weighted by molar-refractivity contribution is 7.83. The van der Waals surface area contributed by atoms with Crippen LogP contribution in [0.25, 0.3) is 0 Å². The summed E-state index contributed by atoms with van der Waals surface area (Å²) in [6, 6.07) is 0. The third-order valence-corrected chi connectivity index (χ3v) is 0.422. The molecule has 0 rings (SSSR count). The van der Waals surface area contributed by atoms with Crippen LogP contribution in [0.1, 0.15) is 0 Å². The largest absolute Gasteiger partial charge is 0.392 e. The van der Waals surface area contributed by atoms with Crippen LogP contribution in [0.2, 0.25) is 0 Å². The molecule has 0 bridgehead atoms. The summed E-state index contributed by atoms with van der Waals surface area (Å²) >= 11 is 3.66. The molecule has 0 spiro atoms. The highest BCUT2D eigenvalue weighted by atomic mass is 32.1. The van der Waals surface area contributed by atoms with E-state index in [0.717, 1.165) is 0 Å². The Morgan fingerprint density at radius 1 is 1.80 bits per heavy atom.